The Labute approximate surface area is 60.2 Å². The maximum absolute atomic E-state index is 10.9. The molecule has 1 unspecified atom stereocenters. The van der Waals surface area contributed by atoms with E-state index in [0.29, 0.717) is 6.04 Å². The highest BCUT2D eigenvalue weighted by Crippen LogP contribution is 1.90. The summed E-state index contributed by atoms with van der Waals surface area (Å²) in [5.74, 6) is -0.0634. The van der Waals surface area contributed by atoms with Gasteiger partial charge in [0.05, 0.1) is 12.1 Å². The normalized spacial score (nSPS) is 21.4. The number of nitrogens with two attached hydrogens (primary N) is 1. The van der Waals surface area contributed by atoms with Gasteiger partial charge in [-0.25, -0.2) is 0 Å². The van der Waals surface area contributed by atoms with Crippen LogP contribution in [0.5, 0.6) is 0 Å². The molecule has 1 saturated heterocycles. The molecule has 0 aliphatic carbocycles. The Morgan fingerprint density at radius 1 is 1.80 bits per heavy atom. The van der Waals surface area contributed by atoms with Gasteiger partial charge in [-0.2, -0.15) is 0 Å². The zero-order valence-electron chi connectivity index (χ0n) is 6.05. The molecule has 1 amide bonds. The molecule has 58 valence electrons. The van der Waals surface area contributed by atoms with Crippen molar-refractivity contribution in [2.75, 3.05) is 13.1 Å². The van der Waals surface area contributed by atoms with E-state index >= 15 is 0 Å². The fourth-order valence-corrected chi connectivity index (χ4v) is 0.723. The number of nitrogens with one attached hydrogen (secondary N) is 2. The van der Waals surface area contributed by atoms with Crippen LogP contribution in [0.3, 0.4) is 0 Å². The van der Waals surface area contributed by atoms with Crippen molar-refractivity contribution >= 4 is 5.91 Å². The van der Waals surface area contributed by atoms with Crippen LogP contribution in [-0.4, -0.2) is 31.1 Å². The number of carbonyl (C=O) groups is 1. The third kappa shape index (κ3) is 1.68. The van der Waals surface area contributed by atoms with E-state index in [2.05, 4.69) is 10.6 Å². The lowest BCUT2D eigenvalue weighted by Crippen LogP contribution is -2.59. The topological polar surface area (TPSA) is 67.2 Å². The fraction of sp³-hybridized carbons (Fsp3) is 0.833. The molecule has 0 aromatic rings. The molecular formula is C6H13N3O. The van der Waals surface area contributed by atoms with E-state index < -0.39 is 0 Å². The third-order valence-corrected chi connectivity index (χ3v) is 1.54. The van der Waals surface area contributed by atoms with Gasteiger partial charge in [-0.1, -0.05) is 0 Å². The molecule has 0 spiro atoms. The Morgan fingerprint density at radius 2 is 2.40 bits per heavy atom. The molecule has 4 nitrogen and oxygen atoms in total. The summed E-state index contributed by atoms with van der Waals surface area (Å²) in [6.45, 7) is 3.43. The minimum absolute atomic E-state index is 0.0634. The summed E-state index contributed by atoms with van der Waals surface area (Å²) in [5, 5.41) is 5.84. The number of carbonyl (C=O) groups excluding carboxylic acids is 1. The largest absolute Gasteiger partial charge is 0.349 e. The van der Waals surface area contributed by atoms with Crippen LogP contribution in [0.2, 0.25) is 0 Å². The first kappa shape index (κ1) is 7.50. The van der Waals surface area contributed by atoms with E-state index in [4.69, 9.17) is 5.73 Å². The van der Waals surface area contributed by atoms with Gasteiger partial charge in [0.1, 0.15) is 0 Å². The van der Waals surface area contributed by atoms with Crippen LogP contribution in [-0.2, 0) is 4.79 Å². The minimum atomic E-state index is -0.388. The second-order valence-corrected chi connectivity index (χ2v) is 2.65. The maximum Gasteiger partial charge on any atom is 0.236 e. The average molecular weight is 143 g/mol. The molecule has 1 heterocycles. The molecule has 1 fully saturated rings. The Hall–Kier alpha value is -0.610. The quantitative estimate of drug-likeness (QED) is 0.437. The Balaban J connectivity index is 2.17. The van der Waals surface area contributed by atoms with Crippen LogP contribution in [0.25, 0.3) is 0 Å². The van der Waals surface area contributed by atoms with E-state index in [1.807, 2.05) is 0 Å². The highest BCUT2D eigenvalue weighted by atomic mass is 16.2. The van der Waals surface area contributed by atoms with Crippen LogP contribution in [0.1, 0.15) is 6.92 Å². The third-order valence-electron chi connectivity index (χ3n) is 1.54. The molecule has 4 N–H and O–H groups in total. The van der Waals surface area contributed by atoms with Crippen molar-refractivity contribution in [2.24, 2.45) is 5.73 Å². The summed E-state index contributed by atoms with van der Waals surface area (Å²) >= 11 is 0. The monoisotopic (exact) mass is 143 g/mol. The highest BCUT2D eigenvalue weighted by Gasteiger charge is 2.19. The average Bonchev–Trinajstić information content (AvgIpc) is 1.77. The van der Waals surface area contributed by atoms with Crippen molar-refractivity contribution < 1.29 is 4.79 Å². The summed E-state index contributed by atoms with van der Waals surface area (Å²) in [6.07, 6.45) is 0. The van der Waals surface area contributed by atoms with E-state index in [9.17, 15) is 4.79 Å². The van der Waals surface area contributed by atoms with Crippen molar-refractivity contribution in [3.63, 3.8) is 0 Å². The molecule has 0 aromatic heterocycles. The molecule has 0 bridgehead atoms. The summed E-state index contributed by atoms with van der Waals surface area (Å²) in [5.41, 5.74) is 5.33. The van der Waals surface area contributed by atoms with Gasteiger partial charge in [0.15, 0.2) is 0 Å². The number of hydrogen-bond acceptors (Lipinski definition) is 3. The predicted octanol–water partition coefficient (Wildman–Crippen LogP) is -1.58. The van der Waals surface area contributed by atoms with Gasteiger partial charge in [0.25, 0.3) is 0 Å². The van der Waals surface area contributed by atoms with Gasteiger partial charge >= 0.3 is 0 Å². The van der Waals surface area contributed by atoms with Gasteiger partial charge < -0.3 is 16.4 Å². The van der Waals surface area contributed by atoms with Crippen molar-refractivity contribution in [3.8, 4) is 0 Å². The number of hydrogen-bond donors (Lipinski definition) is 3. The summed E-state index contributed by atoms with van der Waals surface area (Å²) in [4.78, 5) is 10.9. The van der Waals surface area contributed by atoms with Crippen LogP contribution in [0.4, 0.5) is 0 Å². The second-order valence-electron chi connectivity index (χ2n) is 2.65. The molecule has 10 heavy (non-hydrogen) atoms. The number of amides is 1. The first-order valence-electron chi connectivity index (χ1n) is 3.47. The lowest BCUT2D eigenvalue weighted by molar-refractivity contribution is -0.123. The molecule has 0 radical (unpaired) electrons. The second kappa shape index (κ2) is 2.98. The van der Waals surface area contributed by atoms with Gasteiger partial charge in [-0.15, -0.1) is 0 Å². The Bertz CT molecular complexity index is 131. The predicted molar refractivity (Wildman–Crippen MR) is 38.4 cm³/mol. The first-order chi connectivity index (χ1) is 4.70. The van der Waals surface area contributed by atoms with E-state index in [-0.39, 0.29) is 11.9 Å². The fourth-order valence-electron chi connectivity index (χ4n) is 0.723. The van der Waals surface area contributed by atoms with Crippen LogP contribution >= 0.6 is 0 Å². The SMILES string of the molecule is CC(N)C(=O)NC1CNC1. The molecule has 0 saturated carbocycles. The van der Waals surface area contributed by atoms with E-state index in [1.54, 1.807) is 6.92 Å². The molecule has 1 rings (SSSR count). The van der Waals surface area contributed by atoms with Gasteiger partial charge in [0, 0.05) is 13.1 Å². The molecule has 0 aromatic carbocycles. The zero-order chi connectivity index (χ0) is 7.56. The van der Waals surface area contributed by atoms with Crippen LogP contribution < -0.4 is 16.4 Å². The van der Waals surface area contributed by atoms with Crippen LogP contribution in [0.15, 0.2) is 0 Å². The minimum Gasteiger partial charge on any atom is -0.349 e. The molecular weight excluding hydrogens is 130 g/mol. The summed E-state index contributed by atoms with van der Waals surface area (Å²) in [6, 6.07) is -0.0842. The molecule has 1 atom stereocenters. The molecule has 4 heteroatoms. The number of rotatable bonds is 2. The van der Waals surface area contributed by atoms with Crippen molar-refractivity contribution in [1.29, 1.82) is 0 Å². The first-order valence-corrected chi connectivity index (χ1v) is 3.47. The zero-order valence-corrected chi connectivity index (χ0v) is 6.05. The summed E-state index contributed by atoms with van der Waals surface area (Å²) in [7, 11) is 0. The Kier molecular flexibility index (Phi) is 2.24. The van der Waals surface area contributed by atoms with E-state index in [1.165, 1.54) is 0 Å². The standard InChI is InChI=1S/C6H13N3O/c1-4(7)6(10)9-5-2-8-3-5/h4-5,8H,2-3,7H2,1H3,(H,9,10). The van der Waals surface area contributed by atoms with Crippen molar-refractivity contribution in [3.05, 3.63) is 0 Å². The van der Waals surface area contributed by atoms with Gasteiger partial charge in [-0.05, 0) is 6.92 Å². The summed E-state index contributed by atoms with van der Waals surface area (Å²) < 4.78 is 0. The maximum atomic E-state index is 10.9. The van der Waals surface area contributed by atoms with Crippen molar-refractivity contribution in [2.45, 2.75) is 19.0 Å². The van der Waals surface area contributed by atoms with Gasteiger partial charge in [0.2, 0.25) is 5.91 Å². The lowest BCUT2D eigenvalue weighted by atomic mass is 10.1. The van der Waals surface area contributed by atoms with Crippen molar-refractivity contribution in [1.82, 2.24) is 10.6 Å². The smallest absolute Gasteiger partial charge is 0.236 e. The van der Waals surface area contributed by atoms with Gasteiger partial charge in [-0.3, -0.25) is 4.79 Å². The highest BCUT2D eigenvalue weighted by molar-refractivity contribution is 5.81. The van der Waals surface area contributed by atoms with E-state index in [0.717, 1.165) is 13.1 Å². The lowest BCUT2D eigenvalue weighted by Gasteiger charge is -2.28. The Morgan fingerprint density at radius 3 is 2.70 bits per heavy atom. The molecule has 1 aliphatic rings. The van der Waals surface area contributed by atoms with Crippen LogP contribution in [0, 0.1) is 0 Å². The molecule has 1 aliphatic heterocycles.